The first-order chi connectivity index (χ1) is 11.8. The molecule has 4 rings (SSSR count). The molecule has 1 saturated heterocycles. The van der Waals surface area contributed by atoms with Crippen LogP contribution in [0.3, 0.4) is 0 Å². The molecule has 0 bridgehead atoms. The van der Waals surface area contributed by atoms with Crippen LogP contribution < -0.4 is 0 Å². The second kappa shape index (κ2) is 7.03. The summed E-state index contributed by atoms with van der Waals surface area (Å²) in [5.74, 6) is 2.22. The minimum Gasteiger partial charge on any atom is -0.392 e. The molecule has 1 saturated carbocycles. The van der Waals surface area contributed by atoms with Crippen LogP contribution in [0.25, 0.3) is 11.4 Å². The van der Waals surface area contributed by atoms with Crippen LogP contribution in [0.2, 0.25) is 0 Å². The molecular weight excluding hydrogens is 302 g/mol. The monoisotopic (exact) mass is 327 g/mol. The van der Waals surface area contributed by atoms with Gasteiger partial charge in [-0.2, -0.15) is 5.10 Å². The molecule has 1 aliphatic carbocycles. The third kappa shape index (κ3) is 3.10. The van der Waals surface area contributed by atoms with Crippen LogP contribution in [0.4, 0.5) is 0 Å². The quantitative estimate of drug-likeness (QED) is 0.934. The van der Waals surface area contributed by atoms with Crippen molar-refractivity contribution in [2.45, 2.75) is 57.1 Å². The number of benzene rings is 1. The minimum atomic E-state index is 0.0697. The Morgan fingerprint density at radius 2 is 1.88 bits per heavy atom. The van der Waals surface area contributed by atoms with Gasteiger partial charge < -0.3 is 9.84 Å². The maximum absolute atomic E-state index is 9.26. The standard InChI is InChI=1S/C19H25N3O2/c23-12-14-6-8-15(9-7-14)19-20-18(16-10-11-24-13-16)21-22(19)17-4-2-1-3-5-17/h6-9,16-17,23H,1-5,10-13H2/t16-/m0/s1. The van der Waals surface area contributed by atoms with E-state index in [-0.39, 0.29) is 6.61 Å². The average Bonchev–Trinajstić information content (AvgIpc) is 3.32. The van der Waals surface area contributed by atoms with Crippen LogP contribution in [0.1, 0.15) is 61.9 Å². The molecule has 2 fully saturated rings. The predicted octanol–water partition coefficient (Wildman–Crippen LogP) is 3.45. The summed E-state index contributed by atoms with van der Waals surface area (Å²) in [4.78, 5) is 4.90. The molecule has 1 aromatic carbocycles. The van der Waals surface area contributed by atoms with Gasteiger partial charge in [-0.1, -0.05) is 43.5 Å². The summed E-state index contributed by atoms with van der Waals surface area (Å²) >= 11 is 0. The summed E-state index contributed by atoms with van der Waals surface area (Å²) in [6.07, 6.45) is 7.26. The molecular formula is C19H25N3O2. The molecule has 1 N–H and O–H groups in total. The van der Waals surface area contributed by atoms with E-state index in [2.05, 4.69) is 4.68 Å². The zero-order valence-electron chi connectivity index (χ0n) is 14.0. The van der Waals surface area contributed by atoms with Crippen molar-refractivity contribution in [2.75, 3.05) is 13.2 Å². The lowest BCUT2D eigenvalue weighted by Gasteiger charge is -2.23. The smallest absolute Gasteiger partial charge is 0.158 e. The Kier molecular flexibility index (Phi) is 4.63. The van der Waals surface area contributed by atoms with Crippen molar-refractivity contribution < 1.29 is 9.84 Å². The van der Waals surface area contributed by atoms with Crippen LogP contribution in [0, 0.1) is 0 Å². The molecule has 0 spiro atoms. The number of aliphatic hydroxyl groups is 1. The molecule has 1 aliphatic heterocycles. The lowest BCUT2D eigenvalue weighted by Crippen LogP contribution is -2.15. The normalized spacial score (nSPS) is 22.1. The average molecular weight is 327 g/mol. The van der Waals surface area contributed by atoms with Crippen molar-refractivity contribution in [1.82, 2.24) is 14.8 Å². The van der Waals surface area contributed by atoms with Gasteiger partial charge >= 0.3 is 0 Å². The van der Waals surface area contributed by atoms with E-state index >= 15 is 0 Å². The van der Waals surface area contributed by atoms with Crippen LogP contribution >= 0.6 is 0 Å². The summed E-state index contributed by atoms with van der Waals surface area (Å²) in [6, 6.07) is 8.48. The van der Waals surface area contributed by atoms with Gasteiger partial charge in [0.2, 0.25) is 0 Å². The summed E-state index contributed by atoms with van der Waals surface area (Å²) < 4.78 is 7.69. The van der Waals surface area contributed by atoms with E-state index in [9.17, 15) is 5.11 Å². The fraction of sp³-hybridized carbons (Fsp3) is 0.579. The van der Waals surface area contributed by atoms with Gasteiger partial charge in [0.25, 0.3) is 0 Å². The minimum absolute atomic E-state index is 0.0697. The Balaban J connectivity index is 1.71. The number of aromatic nitrogens is 3. The lowest BCUT2D eigenvalue weighted by molar-refractivity contribution is 0.193. The molecule has 2 aromatic rings. The van der Waals surface area contributed by atoms with E-state index in [0.717, 1.165) is 42.4 Å². The van der Waals surface area contributed by atoms with Gasteiger partial charge in [0, 0.05) is 18.1 Å². The fourth-order valence-electron chi connectivity index (χ4n) is 3.79. The maximum atomic E-state index is 9.26. The summed E-state index contributed by atoms with van der Waals surface area (Å²) in [5.41, 5.74) is 2.00. The Labute approximate surface area is 142 Å². The summed E-state index contributed by atoms with van der Waals surface area (Å²) in [6.45, 7) is 1.61. The van der Waals surface area contributed by atoms with Crippen LogP contribution in [0.15, 0.2) is 24.3 Å². The predicted molar refractivity (Wildman–Crippen MR) is 91.7 cm³/mol. The van der Waals surface area contributed by atoms with Crippen molar-refractivity contribution in [3.63, 3.8) is 0 Å². The highest BCUT2D eigenvalue weighted by atomic mass is 16.5. The number of nitrogens with zero attached hydrogens (tertiary/aromatic N) is 3. The second-order valence-corrected chi connectivity index (χ2v) is 6.95. The zero-order chi connectivity index (χ0) is 16.4. The van der Waals surface area contributed by atoms with Crippen molar-refractivity contribution in [1.29, 1.82) is 0 Å². The van der Waals surface area contributed by atoms with E-state index in [1.807, 2.05) is 24.3 Å². The largest absolute Gasteiger partial charge is 0.392 e. The molecule has 2 heterocycles. The molecule has 0 radical (unpaired) electrons. The zero-order valence-corrected chi connectivity index (χ0v) is 14.0. The molecule has 0 amide bonds. The van der Waals surface area contributed by atoms with Gasteiger partial charge in [-0.25, -0.2) is 9.67 Å². The number of aliphatic hydroxyl groups excluding tert-OH is 1. The van der Waals surface area contributed by atoms with Gasteiger partial charge in [0.05, 0.1) is 19.3 Å². The summed E-state index contributed by atoms with van der Waals surface area (Å²) in [5, 5.41) is 14.2. The second-order valence-electron chi connectivity index (χ2n) is 6.95. The van der Waals surface area contributed by atoms with E-state index in [0.29, 0.717) is 12.0 Å². The number of hydrogen-bond donors (Lipinski definition) is 1. The first kappa shape index (κ1) is 15.8. The Morgan fingerprint density at radius 1 is 1.08 bits per heavy atom. The van der Waals surface area contributed by atoms with Gasteiger partial charge in [-0.05, 0) is 24.8 Å². The van der Waals surface area contributed by atoms with Crippen molar-refractivity contribution >= 4 is 0 Å². The van der Waals surface area contributed by atoms with Crippen molar-refractivity contribution in [2.24, 2.45) is 0 Å². The van der Waals surface area contributed by atoms with Gasteiger partial charge in [-0.3, -0.25) is 0 Å². The third-order valence-electron chi connectivity index (χ3n) is 5.26. The first-order valence-electron chi connectivity index (χ1n) is 9.09. The van der Waals surface area contributed by atoms with E-state index < -0.39 is 0 Å². The highest BCUT2D eigenvalue weighted by molar-refractivity contribution is 5.56. The van der Waals surface area contributed by atoms with E-state index in [4.69, 9.17) is 14.8 Å². The topological polar surface area (TPSA) is 60.2 Å². The van der Waals surface area contributed by atoms with E-state index in [1.54, 1.807) is 0 Å². The Morgan fingerprint density at radius 3 is 2.54 bits per heavy atom. The number of ether oxygens (including phenoxy) is 1. The molecule has 1 atom stereocenters. The fourth-order valence-corrected chi connectivity index (χ4v) is 3.79. The first-order valence-corrected chi connectivity index (χ1v) is 9.09. The van der Waals surface area contributed by atoms with Crippen LogP contribution in [-0.4, -0.2) is 33.1 Å². The Bertz CT molecular complexity index is 668. The Hall–Kier alpha value is -1.72. The molecule has 5 heteroatoms. The molecule has 0 unspecified atom stereocenters. The van der Waals surface area contributed by atoms with Crippen LogP contribution in [0.5, 0.6) is 0 Å². The maximum Gasteiger partial charge on any atom is 0.158 e. The lowest BCUT2D eigenvalue weighted by atomic mass is 9.95. The molecule has 5 nitrogen and oxygen atoms in total. The van der Waals surface area contributed by atoms with Crippen molar-refractivity contribution in [3.8, 4) is 11.4 Å². The SMILES string of the molecule is OCc1ccc(-c2nc([C@H]3CCOC3)nn2C2CCCCC2)cc1. The van der Waals surface area contributed by atoms with Gasteiger partial charge in [0.15, 0.2) is 11.6 Å². The van der Waals surface area contributed by atoms with Crippen molar-refractivity contribution in [3.05, 3.63) is 35.7 Å². The number of hydrogen-bond acceptors (Lipinski definition) is 4. The highest BCUT2D eigenvalue weighted by Crippen LogP contribution is 2.33. The molecule has 2 aliphatic rings. The third-order valence-corrected chi connectivity index (χ3v) is 5.26. The summed E-state index contributed by atoms with van der Waals surface area (Å²) in [7, 11) is 0. The van der Waals surface area contributed by atoms with Gasteiger partial charge in [-0.15, -0.1) is 0 Å². The molecule has 24 heavy (non-hydrogen) atoms. The molecule has 128 valence electrons. The van der Waals surface area contributed by atoms with Gasteiger partial charge in [0.1, 0.15) is 0 Å². The number of rotatable bonds is 4. The highest BCUT2D eigenvalue weighted by Gasteiger charge is 2.27. The van der Waals surface area contributed by atoms with E-state index in [1.165, 1.54) is 32.1 Å². The molecule has 1 aromatic heterocycles. The van der Waals surface area contributed by atoms with Crippen LogP contribution in [-0.2, 0) is 11.3 Å².